The third kappa shape index (κ3) is 5.09. The summed E-state index contributed by atoms with van der Waals surface area (Å²) < 4.78 is 4.33. The van der Waals surface area contributed by atoms with Crippen LogP contribution < -0.4 is 0 Å². The standard InChI is InChI=1S/C3H3NO.H2O3/c1-2-4-5-3-1;1-3-2/h1-3H;1-2H. The molecule has 1 aromatic heterocycles. The third-order valence-corrected chi connectivity index (χ3v) is 0.347. The lowest BCUT2D eigenvalue weighted by Crippen LogP contribution is -1.60. The zero-order chi connectivity index (χ0) is 6.24. The van der Waals surface area contributed by atoms with Crippen LogP contribution in [-0.4, -0.2) is 15.7 Å². The summed E-state index contributed by atoms with van der Waals surface area (Å²) in [6.45, 7) is 0. The lowest BCUT2D eigenvalue weighted by atomic mass is 10.8. The molecule has 0 aliphatic heterocycles. The summed E-state index contributed by atoms with van der Waals surface area (Å²) in [5.74, 6) is 0. The van der Waals surface area contributed by atoms with Crippen LogP contribution >= 0.6 is 0 Å². The van der Waals surface area contributed by atoms with Gasteiger partial charge in [-0.25, -0.2) is 10.5 Å². The van der Waals surface area contributed by atoms with Crippen LogP contribution in [0.2, 0.25) is 0 Å². The van der Waals surface area contributed by atoms with Crippen molar-refractivity contribution in [1.29, 1.82) is 0 Å². The van der Waals surface area contributed by atoms with Gasteiger partial charge in [-0.15, -0.1) is 0 Å². The van der Waals surface area contributed by atoms with Gasteiger partial charge < -0.3 is 4.52 Å². The lowest BCUT2D eigenvalue weighted by Gasteiger charge is -1.56. The molecule has 1 heterocycles. The Bertz CT molecular complexity index is 78.2. The van der Waals surface area contributed by atoms with E-state index in [1.807, 2.05) is 0 Å². The molecule has 8 heavy (non-hydrogen) atoms. The first-order valence-electron chi connectivity index (χ1n) is 1.71. The van der Waals surface area contributed by atoms with Gasteiger partial charge in [-0.3, -0.25) is 0 Å². The molecule has 5 nitrogen and oxygen atoms in total. The highest BCUT2D eigenvalue weighted by Gasteiger charge is 1.60. The average molecular weight is 119 g/mol. The maximum atomic E-state index is 6.62. The van der Waals surface area contributed by atoms with E-state index in [-0.39, 0.29) is 0 Å². The normalized spacial score (nSPS) is 7.25. The lowest BCUT2D eigenvalue weighted by molar-refractivity contribution is -0.465. The van der Waals surface area contributed by atoms with Crippen molar-refractivity contribution in [1.82, 2.24) is 5.16 Å². The highest BCUT2D eigenvalue weighted by molar-refractivity contribution is 4.67. The largest absolute Gasteiger partial charge is 0.365 e. The fourth-order valence-corrected chi connectivity index (χ4v) is 0.176. The molecule has 0 aliphatic carbocycles. The van der Waals surface area contributed by atoms with Crippen LogP contribution in [0.4, 0.5) is 0 Å². The number of hydrogen-bond acceptors (Lipinski definition) is 5. The summed E-state index contributed by atoms with van der Waals surface area (Å²) in [6, 6.07) is 1.72. The van der Waals surface area contributed by atoms with Crippen LogP contribution in [0.3, 0.4) is 0 Å². The Morgan fingerprint density at radius 3 is 2.25 bits per heavy atom. The van der Waals surface area contributed by atoms with E-state index in [2.05, 4.69) is 14.7 Å². The molecule has 1 rings (SSSR count). The first-order chi connectivity index (χ1) is 3.91. The second-order valence-electron chi connectivity index (χ2n) is 0.770. The van der Waals surface area contributed by atoms with Gasteiger partial charge in [0, 0.05) is 0 Å². The Morgan fingerprint density at radius 1 is 1.50 bits per heavy atom. The highest BCUT2D eigenvalue weighted by atomic mass is 17.4. The van der Waals surface area contributed by atoms with Crippen molar-refractivity contribution in [3.05, 3.63) is 18.5 Å². The molecular formula is C3H5NO4. The molecular weight excluding hydrogens is 114 g/mol. The van der Waals surface area contributed by atoms with Crippen LogP contribution in [-0.2, 0) is 5.04 Å². The Labute approximate surface area is 45.0 Å². The van der Waals surface area contributed by atoms with E-state index in [4.69, 9.17) is 10.5 Å². The fourth-order valence-electron chi connectivity index (χ4n) is 0.176. The van der Waals surface area contributed by atoms with Crippen molar-refractivity contribution in [3.8, 4) is 0 Å². The molecule has 0 unspecified atom stereocenters. The number of nitrogens with zero attached hydrogens (tertiary/aromatic N) is 1. The molecule has 0 aromatic carbocycles. The van der Waals surface area contributed by atoms with Gasteiger partial charge in [0.1, 0.15) is 6.26 Å². The van der Waals surface area contributed by atoms with Gasteiger partial charge in [0.15, 0.2) is 0 Å². The van der Waals surface area contributed by atoms with Crippen LogP contribution in [0.15, 0.2) is 23.0 Å². The molecule has 0 saturated carbocycles. The van der Waals surface area contributed by atoms with Gasteiger partial charge >= 0.3 is 0 Å². The summed E-state index contributed by atoms with van der Waals surface area (Å²) in [5.41, 5.74) is 0. The second-order valence-corrected chi connectivity index (χ2v) is 0.770. The molecule has 0 amide bonds. The Morgan fingerprint density at radius 2 is 2.12 bits per heavy atom. The summed E-state index contributed by atoms with van der Waals surface area (Å²) in [5, 5.41) is 18.8. The van der Waals surface area contributed by atoms with E-state index in [1.165, 1.54) is 6.26 Å². The van der Waals surface area contributed by atoms with Crippen LogP contribution in [0.25, 0.3) is 0 Å². The highest BCUT2D eigenvalue weighted by Crippen LogP contribution is 1.72. The third-order valence-electron chi connectivity index (χ3n) is 0.347. The monoisotopic (exact) mass is 119 g/mol. The maximum absolute atomic E-state index is 6.62. The molecule has 0 radical (unpaired) electrons. The van der Waals surface area contributed by atoms with Gasteiger partial charge in [0.25, 0.3) is 0 Å². The SMILES string of the molecule is OOO.c1cnoc1. The quantitative estimate of drug-likeness (QED) is 0.386. The Balaban J connectivity index is 0.000000145. The summed E-state index contributed by atoms with van der Waals surface area (Å²) in [7, 11) is 0. The van der Waals surface area contributed by atoms with Gasteiger partial charge in [-0.05, 0) is 6.07 Å². The van der Waals surface area contributed by atoms with E-state index >= 15 is 0 Å². The van der Waals surface area contributed by atoms with Gasteiger partial charge in [-0.1, -0.05) is 10.2 Å². The van der Waals surface area contributed by atoms with Crippen molar-refractivity contribution in [2.75, 3.05) is 0 Å². The zero-order valence-corrected chi connectivity index (χ0v) is 3.89. The van der Waals surface area contributed by atoms with Gasteiger partial charge in [0.05, 0.1) is 6.20 Å². The van der Waals surface area contributed by atoms with E-state index in [9.17, 15) is 0 Å². The minimum Gasteiger partial charge on any atom is -0.365 e. The summed E-state index contributed by atoms with van der Waals surface area (Å²) in [4.78, 5) is 0. The van der Waals surface area contributed by atoms with Crippen molar-refractivity contribution < 1.29 is 20.1 Å². The van der Waals surface area contributed by atoms with Gasteiger partial charge in [0.2, 0.25) is 0 Å². The molecule has 0 aliphatic rings. The minimum absolute atomic E-state index is 1.51. The molecule has 2 N–H and O–H groups in total. The minimum atomic E-state index is 1.51. The molecule has 0 atom stereocenters. The molecule has 1 aromatic rings. The Hall–Kier alpha value is -0.910. The Kier molecular flexibility index (Phi) is 5.40. The molecule has 5 heteroatoms. The first kappa shape index (κ1) is 7.09. The predicted octanol–water partition coefficient (Wildman–Crippen LogP) is 0.624. The van der Waals surface area contributed by atoms with Crippen LogP contribution in [0.1, 0.15) is 0 Å². The van der Waals surface area contributed by atoms with Crippen molar-refractivity contribution in [3.63, 3.8) is 0 Å². The predicted molar refractivity (Wildman–Crippen MR) is 22.8 cm³/mol. The molecule has 46 valence electrons. The maximum Gasteiger partial charge on any atom is 0.123 e. The molecule has 0 spiro atoms. The van der Waals surface area contributed by atoms with E-state index in [0.717, 1.165) is 0 Å². The van der Waals surface area contributed by atoms with Gasteiger partial charge in [-0.2, -0.15) is 0 Å². The van der Waals surface area contributed by atoms with E-state index < -0.39 is 0 Å². The average Bonchev–Trinajstić information content (AvgIpc) is 2.17. The number of hydrogen-bond donors (Lipinski definition) is 2. The number of rotatable bonds is 0. The summed E-state index contributed by atoms with van der Waals surface area (Å²) in [6.07, 6.45) is 3.10. The number of aromatic nitrogens is 1. The molecule has 0 saturated heterocycles. The smallest absolute Gasteiger partial charge is 0.123 e. The van der Waals surface area contributed by atoms with Crippen molar-refractivity contribution >= 4 is 0 Å². The first-order valence-corrected chi connectivity index (χ1v) is 1.71. The van der Waals surface area contributed by atoms with E-state index in [1.54, 1.807) is 12.3 Å². The van der Waals surface area contributed by atoms with E-state index in [0.29, 0.717) is 0 Å². The second kappa shape index (κ2) is 6.09. The van der Waals surface area contributed by atoms with Crippen molar-refractivity contribution in [2.45, 2.75) is 0 Å². The molecule has 0 fully saturated rings. The summed E-state index contributed by atoms with van der Waals surface area (Å²) >= 11 is 0. The topological polar surface area (TPSA) is 75.7 Å². The van der Waals surface area contributed by atoms with Crippen LogP contribution in [0.5, 0.6) is 0 Å². The fraction of sp³-hybridized carbons (Fsp3) is 0. The molecule has 0 bridgehead atoms. The zero-order valence-electron chi connectivity index (χ0n) is 3.89. The van der Waals surface area contributed by atoms with Crippen LogP contribution in [0, 0.1) is 0 Å². The van der Waals surface area contributed by atoms with Crippen molar-refractivity contribution in [2.24, 2.45) is 0 Å².